The fourth-order valence-corrected chi connectivity index (χ4v) is 8.14. The molecule has 0 aliphatic heterocycles. The minimum Gasteiger partial charge on any atom is -0.456 e. The van der Waals surface area contributed by atoms with E-state index in [9.17, 15) is 0 Å². The lowest BCUT2D eigenvalue weighted by molar-refractivity contribution is 0.629. The highest BCUT2D eigenvalue weighted by Crippen LogP contribution is 2.44. The first kappa shape index (κ1) is 34.1. The van der Waals surface area contributed by atoms with Crippen LogP contribution in [0, 0.1) is 6.92 Å². The third kappa shape index (κ3) is 6.48. The normalized spacial score (nSPS) is 11.2. The van der Waals surface area contributed by atoms with Crippen molar-refractivity contribution in [3.63, 3.8) is 0 Å². The number of aryl methyl sites for hydroxylation is 1. The van der Waals surface area contributed by atoms with Gasteiger partial charge in [-0.05, 0) is 87.7 Å². The fourth-order valence-electron chi connectivity index (χ4n) is 8.14. The lowest BCUT2D eigenvalue weighted by Gasteiger charge is -2.29. The van der Waals surface area contributed by atoms with Crippen molar-refractivity contribution < 1.29 is 4.42 Å². The van der Waals surface area contributed by atoms with Crippen LogP contribution in [0.25, 0.3) is 77.6 Å². The molecule has 0 atom stereocenters. The Labute approximate surface area is 333 Å². The van der Waals surface area contributed by atoms with E-state index in [0.29, 0.717) is 0 Å². The standard InChI is InChI=1S/C55H39NO/c1-38-49-19-8-10-24-54(49)57-55(38)47-18-11-17-46(37-47)43-27-25-41(26-28-43)42-33-35-48(36-34-42)56(53-23-12-16-44-15-5-6-20-50(44)53)52-22-9-7-21-51(52)45-31-29-40(30-32-45)39-13-3-2-4-14-39/h2-37H,1H3. The zero-order valence-electron chi connectivity index (χ0n) is 31.6. The van der Waals surface area contributed by atoms with Crippen LogP contribution >= 0.6 is 0 Å². The van der Waals surface area contributed by atoms with Crippen LogP contribution in [-0.2, 0) is 0 Å². The summed E-state index contributed by atoms with van der Waals surface area (Å²) in [5, 5.41) is 3.57. The number of nitrogens with zero attached hydrogens (tertiary/aromatic N) is 1. The summed E-state index contributed by atoms with van der Waals surface area (Å²) in [7, 11) is 0. The van der Waals surface area contributed by atoms with Gasteiger partial charge in [-0.1, -0.05) is 182 Å². The van der Waals surface area contributed by atoms with E-state index in [-0.39, 0.29) is 0 Å². The number of benzene rings is 9. The number of rotatable bonds is 8. The average Bonchev–Trinajstić information content (AvgIpc) is 3.63. The Bertz CT molecular complexity index is 2990. The molecule has 10 rings (SSSR count). The molecule has 57 heavy (non-hydrogen) atoms. The Hall–Kier alpha value is -7.42. The Morgan fingerprint density at radius 1 is 0.351 bits per heavy atom. The Balaban J connectivity index is 0.993. The van der Waals surface area contributed by atoms with Crippen LogP contribution in [0.2, 0.25) is 0 Å². The number of furan rings is 1. The van der Waals surface area contributed by atoms with Gasteiger partial charge < -0.3 is 9.32 Å². The van der Waals surface area contributed by atoms with Gasteiger partial charge in [-0.2, -0.15) is 0 Å². The minimum atomic E-state index is 0.920. The van der Waals surface area contributed by atoms with Crippen LogP contribution in [-0.4, -0.2) is 0 Å². The van der Waals surface area contributed by atoms with Gasteiger partial charge in [0.1, 0.15) is 11.3 Å². The van der Waals surface area contributed by atoms with Crippen molar-refractivity contribution in [3.05, 3.63) is 224 Å². The lowest BCUT2D eigenvalue weighted by atomic mass is 9.97. The van der Waals surface area contributed by atoms with Crippen LogP contribution in [0.5, 0.6) is 0 Å². The molecule has 0 aliphatic carbocycles. The summed E-state index contributed by atoms with van der Waals surface area (Å²) in [4.78, 5) is 2.41. The van der Waals surface area contributed by atoms with E-state index in [2.05, 4.69) is 218 Å². The second-order valence-corrected chi connectivity index (χ2v) is 14.6. The maximum Gasteiger partial charge on any atom is 0.138 e. The maximum atomic E-state index is 6.30. The smallest absolute Gasteiger partial charge is 0.138 e. The summed E-state index contributed by atoms with van der Waals surface area (Å²) in [6, 6.07) is 78.2. The zero-order chi connectivity index (χ0) is 38.1. The van der Waals surface area contributed by atoms with E-state index in [1.165, 1.54) is 55.3 Å². The molecule has 0 radical (unpaired) electrons. The van der Waals surface area contributed by atoms with Crippen LogP contribution in [0.4, 0.5) is 17.1 Å². The van der Waals surface area contributed by atoms with E-state index in [4.69, 9.17) is 4.42 Å². The van der Waals surface area contributed by atoms with Gasteiger partial charge >= 0.3 is 0 Å². The van der Waals surface area contributed by atoms with Gasteiger partial charge in [0, 0.05) is 33.2 Å². The summed E-state index contributed by atoms with van der Waals surface area (Å²) in [5.74, 6) is 0.927. The largest absolute Gasteiger partial charge is 0.456 e. The van der Waals surface area contributed by atoms with Gasteiger partial charge in [-0.15, -0.1) is 0 Å². The Morgan fingerprint density at radius 2 is 0.842 bits per heavy atom. The molecule has 2 heteroatoms. The fraction of sp³-hybridized carbons (Fsp3) is 0.0182. The van der Waals surface area contributed by atoms with Gasteiger partial charge in [0.15, 0.2) is 0 Å². The van der Waals surface area contributed by atoms with E-state index in [1.54, 1.807) is 0 Å². The highest BCUT2D eigenvalue weighted by Gasteiger charge is 2.19. The first-order chi connectivity index (χ1) is 28.2. The topological polar surface area (TPSA) is 16.4 Å². The average molecular weight is 730 g/mol. The molecule has 0 N–H and O–H groups in total. The van der Waals surface area contributed by atoms with E-state index in [0.717, 1.165) is 44.9 Å². The number of hydrogen-bond acceptors (Lipinski definition) is 2. The summed E-state index contributed by atoms with van der Waals surface area (Å²) in [6.45, 7) is 2.14. The van der Waals surface area contributed by atoms with E-state index < -0.39 is 0 Å². The van der Waals surface area contributed by atoms with Crippen molar-refractivity contribution in [2.75, 3.05) is 4.90 Å². The SMILES string of the molecule is Cc1c(-c2cccc(-c3ccc(-c4ccc(N(c5ccccc5-c5ccc(-c6ccccc6)cc5)c5cccc6ccccc56)cc4)cc3)c2)oc2ccccc12. The highest BCUT2D eigenvalue weighted by atomic mass is 16.3. The molecule has 2 nitrogen and oxygen atoms in total. The molecule has 0 amide bonds. The molecule has 1 aromatic heterocycles. The lowest BCUT2D eigenvalue weighted by Crippen LogP contribution is -2.11. The van der Waals surface area contributed by atoms with Crippen LogP contribution in [0.1, 0.15) is 5.56 Å². The molecule has 270 valence electrons. The van der Waals surface area contributed by atoms with Gasteiger partial charge in [0.25, 0.3) is 0 Å². The molecule has 9 aromatic carbocycles. The van der Waals surface area contributed by atoms with Crippen LogP contribution in [0.15, 0.2) is 223 Å². The first-order valence-electron chi connectivity index (χ1n) is 19.5. The van der Waals surface area contributed by atoms with Crippen LogP contribution < -0.4 is 4.90 Å². The molecule has 0 saturated carbocycles. The predicted octanol–water partition coefficient (Wildman–Crippen LogP) is 15.7. The van der Waals surface area contributed by atoms with Crippen LogP contribution in [0.3, 0.4) is 0 Å². The molecule has 0 bridgehead atoms. The second kappa shape index (κ2) is 14.7. The number of fused-ring (bicyclic) bond motifs is 2. The molecule has 10 aromatic rings. The monoisotopic (exact) mass is 729 g/mol. The van der Waals surface area contributed by atoms with Crippen molar-refractivity contribution in [1.29, 1.82) is 0 Å². The summed E-state index contributed by atoms with van der Waals surface area (Å²) >= 11 is 0. The number of para-hydroxylation sites is 2. The Morgan fingerprint density at radius 3 is 1.58 bits per heavy atom. The summed E-state index contributed by atoms with van der Waals surface area (Å²) in [6.07, 6.45) is 0. The molecule has 0 aliphatic rings. The Kier molecular flexibility index (Phi) is 8.78. The van der Waals surface area contributed by atoms with Gasteiger partial charge in [-0.3, -0.25) is 0 Å². The maximum absolute atomic E-state index is 6.30. The molecular weight excluding hydrogens is 691 g/mol. The van der Waals surface area contributed by atoms with Crippen molar-refractivity contribution >= 4 is 38.8 Å². The first-order valence-corrected chi connectivity index (χ1v) is 19.5. The third-order valence-electron chi connectivity index (χ3n) is 11.1. The van der Waals surface area contributed by atoms with Crippen molar-refractivity contribution in [2.45, 2.75) is 6.92 Å². The quantitative estimate of drug-likeness (QED) is 0.155. The molecule has 0 unspecified atom stereocenters. The van der Waals surface area contributed by atoms with Crippen molar-refractivity contribution in [2.24, 2.45) is 0 Å². The minimum absolute atomic E-state index is 0.920. The van der Waals surface area contributed by atoms with E-state index in [1.807, 2.05) is 12.1 Å². The zero-order valence-corrected chi connectivity index (χ0v) is 31.6. The highest BCUT2D eigenvalue weighted by molar-refractivity contribution is 6.01. The van der Waals surface area contributed by atoms with E-state index >= 15 is 0 Å². The van der Waals surface area contributed by atoms with Gasteiger partial charge in [-0.25, -0.2) is 0 Å². The second-order valence-electron chi connectivity index (χ2n) is 14.6. The van der Waals surface area contributed by atoms with Gasteiger partial charge in [0.2, 0.25) is 0 Å². The molecule has 1 heterocycles. The van der Waals surface area contributed by atoms with Gasteiger partial charge in [0.05, 0.1) is 11.4 Å². The molecule has 0 fully saturated rings. The molecule has 0 spiro atoms. The van der Waals surface area contributed by atoms with Crippen molar-refractivity contribution in [1.82, 2.24) is 0 Å². The van der Waals surface area contributed by atoms with Crippen molar-refractivity contribution in [3.8, 4) is 55.8 Å². The third-order valence-corrected chi connectivity index (χ3v) is 11.1. The summed E-state index contributed by atoms with van der Waals surface area (Å²) in [5.41, 5.74) is 16.0. The molecular formula is C55H39NO. The molecule has 0 saturated heterocycles. The predicted molar refractivity (Wildman–Crippen MR) is 240 cm³/mol. The summed E-state index contributed by atoms with van der Waals surface area (Å²) < 4.78 is 6.30. The number of anilines is 3. The number of hydrogen-bond donors (Lipinski definition) is 0.